The first-order valence-electron chi connectivity index (χ1n) is 8.14. The minimum Gasteiger partial charge on any atom is -0.336 e. The number of amides is 1. The van der Waals surface area contributed by atoms with Crippen LogP contribution in [-0.4, -0.2) is 57.0 Å². The summed E-state index contributed by atoms with van der Waals surface area (Å²) in [5, 5.41) is 14.5. The molecule has 1 aliphatic heterocycles. The number of likely N-dealkylation sites (N-methyl/N-ethyl adjacent to an activating group) is 1. The van der Waals surface area contributed by atoms with Gasteiger partial charge in [0.25, 0.3) is 5.91 Å². The Hall–Kier alpha value is -2.58. The maximum absolute atomic E-state index is 12.6. The van der Waals surface area contributed by atoms with Crippen LogP contribution in [0.3, 0.4) is 0 Å². The van der Waals surface area contributed by atoms with Crippen molar-refractivity contribution >= 4 is 17.2 Å². The lowest BCUT2D eigenvalue weighted by atomic mass is 10.2. The Bertz CT molecular complexity index is 868. The lowest BCUT2D eigenvalue weighted by Gasteiger charge is -2.22. The van der Waals surface area contributed by atoms with Gasteiger partial charge >= 0.3 is 0 Å². The van der Waals surface area contributed by atoms with E-state index in [2.05, 4.69) is 20.5 Å². The Balaban J connectivity index is 1.53. The van der Waals surface area contributed by atoms with Gasteiger partial charge in [0.2, 0.25) is 0 Å². The predicted molar refractivity (Wildman–Crippen MR) is 95.8 cm³/mol. The lowest BCUT2D eigenvalue weighted by Crippen LogP contribution is -2.38. The molecule has 0 unspecified atom stereocenters. The molecule has 1 amide bonds. The molecule has 1 N–H and O–H groups in total. The number of rotatable bonds is 4. The van der Waals surface area contributed by atoms with Gasteiger partial charge in [0.1, 0.15) is 16.4 Å². The molecule has 0 spiro atoms. The molecule has 1 fully saturated rings. The molecule has 0 aliphatic carbocycles. The number of thiazole rings is 1. The highest BCUT2D eigenvalue weighted by atomic mass is 32.1. The molecule has 3 heterocycles. The summed E-state index contributed by atoms with van der Waals surface area (Å²) in [4.78, 5) is 20.4. The van der Waals surface area contributed by atoms with Crippen LogP contribution in [0, 0.1) is 0 Å². The van der Waals surface area contributed by atoms with Gasteiger partial charge in [-0.05, 0) is 25.1 Å². The van der Waals surface area contributed by atoms with E-state index in [1.807, 2.05) is 37.4 Å². The molecule has 128 valence electrons. The first-order chi connectivity index (χ1) is 12.2. The maximum atomic E-state index is 12.6. The molecule has 1 aromatic carbocycles. The number of nitrogens with zero attached hydrogens (tertiary/aromatic N) is 5. The van der Waals surface area contributed by atoms with Crippen molar-refractivity contribution in [2.45, 2.75) is 12.5 Å². The molecule has 0 bridgehead atoms. The van der Waals surface area contributed by atoms with Crippen molar-refractivity contribution in [3.05, 3.63) is 47.6 Å². The van der Waals surface area contributed by atoms with Gasteiger partial charge in [-0.2, -0.15) is 9.90 Å². The molecule has 1 aliphatic rings. The van der Waals surface area contributed by atoms with Crippen LogP contribution in [0.15, 0.2) is 41.9 Å². The third-order valence-electron chi connectivity index (χ3n) is 4.32. The minimum absolute atomic E-state index is 0.0494. The van der Waals surface area contributed by atoms with Crippen molar-refractivity contribution < 1.29 is 4.79 Å². The minimum atomic E-state index is -0.0494. The van der Waals surface area contributed by atoms with Crippen molar-refractivity contribution in [3.8, 4) is 16.4 Å². The van der Waals surface area contributed by atoms with Crippen molar-refractivity contribution in [2.75, 3.05) is 20.1 Å². The Kier molecular flexibility index (Phi) is 4.29. The highest BCUT2D eigenvalue weighted by molar-refractivity contribution is 7.13. The highest BCUT2D eigenvalue weighted by Crippen LogP contribution is 2.23. The number of carbonyl (C=O) groups excluding carboxylic acids is 1. The third kappa shape index (κ3) is 3.18. The van der Waals surface area contributed by atoms with E-state index in [1.54, 1.807) is 21.3 Å². The van der Waals surface area contributed by atoms with Gasteiger partial charge in [0, 0.05) is 25.0 Å². The second kappa shape index (κ2) is 6.73. The zero-order valence-corrected chi connectivity index (χ0v) is 14.6. The fraction of sp³-hybridized carbons (Fsp3) is 0.294. The van der Waals surface area contributed by atoms with Crippen LogP contribution in [0.5, 0.6) is 0 Å². The largest absolute Gasteiger partial charge is 0.336 e. The number of para-hydroxylation sites is 1. The van der Waals surface area contributed by atoms with Gasteiger partial charge in [0.15, 0.2) is 0 Å². The monoisotopic (exact) mass is 354 g/mol. The Morgan fingerprint density at radius 3 is 2.96 bits per heavy atom. The van der Waals surface area contributed by atoms with E-state index in [9.17, 15) is 4.79 Å². The van der Waals surface area contributed by atoms with Crippen LogP contribution in [0.1, 0.15) is 16.9 Å². The second-order valence-electron chi connectivity index (χ2n) is 5.96. The van der Waals surface area contributed by atoms with Crippen molar-refractivity contribution in [1.29, 1.82) is 0 Å². The molecular formula is C17H18N6OS. The molecular weight excluding hydrogens is 336 g/mol. The van der Waals surface area contributed by atoms with E-state index in [1.165, 1.54) is 11.3 Å². The standard InChI is InChI=1S/C17H18N6OS/c1-22(13-7-8-18-9-13)17(24)15-11-25-16(20-15)14-10-19-23(21-14)12-5-3-2-4-6-12/h2-6,10-11,13,18H,7-9H2,1H3/t13-/m1/s1. The number of aromatic nitrogens is 4. The molecule has 4 rings (SSSR count). The summed E-state index contributed by atoms with van der Waals surface area (Å²) in [5.74, 6) is -0.0494. The third-order valence-corrected chi connectivity index (χ3v) is 5.19. The molecule has 0 radical (unpaired) electrons. The van der Waals surface area contributed by atoms with E-state index in [4.69, 9.17) is 0 Å². The quantitative estimate of drug-likeness (QED) is 0.773. The molecule has 3 aromatic rings. The van der Waals surface area contributed by atoms with Crippen LogP contribution in [0.2, 0.25) is 0 Å². The van der Waals surface area contributed by atoms with Crippen LogP contribution >= 0.6 is 11.3 Å². The van der Waals surface area contributed by atoms with Gasteiger partial charge in [0.05, 0.1) is 11.9 Å². The van der Waals surface area contributed by atoms with Gasteiger partial charge in [-0.3, -0.25) is 4.79 Å². The average Bonchev–Trinajstić information content (AvgIpc) is 3.42. The number of hydrogen-bond acceptors (Lipinski definition) is 6. The van der Waals surface area contributed by atoms with Crippen LogP contribution < -0.4 is 5.32 Å². The maximum Gasteiger partial charge on any atom is 0.273 e. The molecule has 1 saturated heterocycles. The lowest BCUT2D eigenvalue weighted by molar-refractivity contribution is 0.0739. The van der Waals surface area contributed by atoms with Gasteiger partial charge in [-0.1, -0.05) is 18.2 Å². The van der Waals surface area contributed by atoms with Crippen LogP contribution in [0.4, 0.5) is 0 Å². The molecule has 2 aromatic heterocycles. The van der Waals surface area contributed by atoms with E-state index in [-0.39, 0.29) is 11.9 Å². The van der Waals surface area contributed by atoms with Crippen LogP contribution in [-0.2, 0) is 0 Å². The average molecular weight is 354 g/mol. The summed E-state index contributed by atoms with van der Waals surface area (Å²) >= 11 is 1.41. The molecule has 1 atom stereocenters. The summed E-state index contributed by atoms with van der Waals surface area (Å²) in [6, 6.07) is 9.93. The summed E-state index contributed by atoms with van der Waals surface area (Å²) < 4.78 is 0. The highest BCUT2D eigenvalue weighted by Gasteiger charge is 2.25. The normalized spacial score (nSPS) is 16.9. The molecule has 25 heavy (non-hydrogen) atoms. The molecule has 7 nitrogen and oxygen atoms in total. The number of hydrogen-bond donors (Lipinski definition) is 1. The first-order valence-corrected chi connectivity index (χ1v) is 9.02. The van der Waals surface area contributed by atoms with E-state index in [0.29, 0.717) is 16.4 Å². The van der Waals surface area contributed by atoms with Crippen molar-refractivity contribution in [2.24, 2.45) is 0 Å². The zero-order valence-electron chi connectivity index (χ0n) is 13.8. The molecule has 8 heteroatoms. The van der Waals surface area contributed by atoms with Gasteiger partial charge < -0.3 is 10.2 Å². The summed E-state index contributed by atoms with van der Waals surface area (Å²) in [5.41, 5.74) is 2.01. The predicted octanol–water partition coefficient (Wildman–Crippen LogP) is 1.82. The van der Waals surface area contributed by atoms with E-state index >= 15 is 0 Å². The Morgan fingerprint density at radius 2 is 2.20 bits per heavy atom. The molecule has 0 saturated carbocycles. The summed E-state index contributed by atoms with van der Waals surface area (Å²) in [7, 11) is 1.84. The SMILES string of the molecule is CN(C(=O)c1csc(-c2cnn(-c3ccccc3)n2)n1)[C@@H]1CCNC1. The topological polar surface area (TPSA) is 75.9 Å². The zero-order chi connectivity index (χ0) is 17.2. The fourth-order valence-corrected chi connectivity index (χ4v) is 3.60. The van der Waals surface area contributed by atoms with Crippen molar-refractivity contribution in [3.63, 3.8) is 0 Å². The number of carbonyl (C=O) groups is 1. The Morgan fingerprint density at radius 1 is 1.36 bits per heavy atom. The second-order valence-corrected chi connectivity index (χ2v) is 6.81. The van der Waals surface area contributed by atoms with Crippen LogP contribution in [0.25, 0.3) is 16.4 Å². The number of nitrogens with one attached hydrogen (secondary N) is 1. The summed E-state index contributed by atoms with van der Waals surface area (Å²) in [6.07, 6.45) is 2.65. The summed E-state index contributed by atoms with van der Waals surface area (Å²) in [6.45, 7) is 1.79. The van der Waals surface area contributed by atoms with E-state index < -0.39 is 0 Å². The fourth-order valence-electron chi connectivity index (χ4n) is 2.85. The van der Waals surface area contributed by atoms with Crippen molar-refractivity contribution in [1.82, 2.24) is 30.2 Å². The number of benzene rings is 1. The smallest absolute Gasteiger partial charge is 0.273 e. The Labute approximate surface area is 149 Å². The van der Waals surface area contributed by atoms with Gasteiger partial charge in [-0.15, -0.1) is 16.4 Å². The first kappa shape index (κ1) is 15.9. The van der Waals surface area contributed by atoms with E-state index in [0.717, 1.165) is 25.2 Å². The van der Waals surface area contributed by atoms with Gasteiger partial charge in [-0.25, -0.2) is 4.98 Å².